The van der Waals surface area contributed by atoms with Gasteiger partial charge in [0.15, 0.2) is 5.82 Å². The molecule has 2 fully saturated rings. The number of aromatic nitrogens is 3. The van der Waals surface area contributed by atoms with Crippen molar-refractivity contribution in [2.75, 3.05) is 13.1 Å². The normalized spacial score (nSPS) is 26.1. The summed E-state index contributed by atoms with van der Waals surface area (Å²) in [5.41, 5.74) is 0. The zero-order valence-corrected chi connectivity index (χ0v) is 9.70. The number of carbonyl (C=O) groups is 1. The lowest BCUT2D eigenvalue weighted by Gasteiger charge is -2.21. The van der Waals surface area contributed by atoms with E-state index in [0.29, 0.717) is 19.0 Å². The number of aromatic amines is 1. The first kappa shape index (κ1) is 10.7. The zero-order chi connectivity index (χ0) is 11.7. The summed E-state index contributed by atoms with van der Waals surface area (Å²) in [5.74, 6) is 2.35. The molecule has 0 bridgehead atoms. The van der Waals surface area contributed by atoms with Crippen molar-refractivity contribution in [3.8, 4) is 0 Å². The van der Waals surface area contributed by atoms with Crippen LogP contribution in [0.5, 0.6) is 0 Å². The molecule has 1 saturated heterocycles. The second-order valence-corrected chi connectivity index (χ2v) is 4.80. The number of carbonyl (C=O) groups excluding carboxylic acids is 1. The van der Waals surface area contributed by atoms with E-state index in [0.717, 1.165) is 11.6 Å². The molecule has 1 unspecified atom stereocenters. The van der Waals surface area contributed by atoms with Crippen molar-refractivity contribution in [2.24, 2.45) is 0 Å². The van der Waals surface area contributed by atoms with Crippen LogP contribution in [0.3, 0.4) is 0 Å². The maximum atomic E-state index is 11.0. The fourth-order valence-electron chi connectivity index (χ4n) is 2.57. The fourth-order valence-corrected chi connectivity index (χ4v) is 2.57. The predicted octanol–water partition coefficient (Wildman–Crippen LogP) is 0.223. The van der Waals surface area contributed by atoms with Gasteiger partial charge in [-0.2, -0.15) is 5.10 Å². The van der Waals surface area contributed by atoms with Gasteiger partial charge in [-0.15, -0.1) is 0 Å². The molecule has 17 heavy (non-hydrogen) atoms. The van der Waals surface area contributed by atoms with Gasteiger partial charge in [0.05, 0.1) is 12.6 Å². The number of hydrogen-bond donors (Lipinski definition) is 3. The Balaban J connectivity index is 1.69. The number of hydrogen-bond acceptors (Lipinski definition) is 4. The van der Waals surface area contributed by atoms with Crippen LogP contribution in [0.25, 0.3) is 0 Å². The lowest BCUT2D eigenvalue weighted by molar-refractivity contribution is -0.121. The average Bonchev–Trinajstić information content (AvgIpc) is 3.00. The number of rotatable bonds is 2. The predicted molar refractivity (Wildman–Crippen MR) is 61.3 cm³/mol. The summed E-state index contributed by atoms with van der Waals surface area (Å²) in [6.45, 7) is 0.933. The lowest BCUT2D eigenvalue weighted by Crippen LogP contribution is -2.47. The molecular weight excluding hydrogens is 218 g/mol. The molecule has 2 aliphatic rings. The van der Waals surface area contributed by atoms with Crippen molar-refractivity contribution in [1.82, 2.24) is 25.8 Å². The van der Waals surface area contributed by atoms with Crippen molar-refractivity contribution in [3.05, 3.63) is 11.6 Å². The van der Waals surface area contributed by atoms with Gasteiger partial charge < -0.3 is 5.32 Å². The molecule has 0 radical (unpaired) electrons. The van der Waals surface area contributed by atoms with Crippen LogP contribution in [-0.2, 0) is 4.79 Å². The van der Waals surface area contributed by atoms with E-state index in [1.165, 1.54) is 25.7 Å². The minimum absolute atomic E-state index is 0.0387. The highest BCUT2D eigenvalue weighted by atomic mass is 16.2. The summed E-state index contributed by atoms with van der Waals surface area (Å²) >= 11 is 0. The Morgan fingerprint density at radius 1 is 1.24 bits per heavy atom. The van der Waals surface area contributed by atoms with Crippen molar-refractivity contribution < 1.29 is 4.79 Å². The molecule has 1 aromatic heterocycles. The number of amides is 1. The fraction of sp³-hybridized carbons (Fsp3) is 0.727. The third-order valence-electron chi connectivity index (χ3n) is 3.58. The summed E-state index contributed by atoms with van der Waals surface area (Å²) in [6.07, 6.45) is 4.97. The second kappa shape index (κ2) is 4.44. The molecule has 3 rings (SSSR count). The van der Waals surface area contributed by atoms with Crippen LogP contribution >= 0.6 is 0 Å². The summed E-state index contributed by atoms with van der Waals surface area (Å²) in [6, 6.07) is 0.0651. The number of H-pyrrole nitrogens is 1. The van der Waals surface area contributed by atoms with Gasteiger partial charge >= 0.3 is 0 Å². The Morgan fingerprint density at radius 2 is 2.06 bits per heavy atom. The van der Waals surface area contributed by atoms with Crippen LogP contribution in [0, 0.1) is 0 Å². The van der Waals surface area contributed by atoms with E-state index in [1.807, 2.05) is 0 Å². The minimum Gasteiger partial charge on any atom is -0.353 e. The van der Waals surface area contributed by atoms with Crippen LogP contribution in [0.4, 0.5) is 0 Å². The topological polar surface area (TPSA) is 82.7 Å². The number of piperazine rings is 1. The van der Waals surface area contributed by atoms with Gasteiger partial charge in [0.1, 0.15) is 5.82 Å². The summed E-state index contributed by atoms with van der Waals surface area (Å²) in [4.78, 5) is 15.6. The third kappa shape index (κ3) is 2.17. The quantitative estimate of drug-likeness (QED) is 0.685. The maximum absolute atomic E-state index is 11.0. The molecule has 92 valence electrons. The van der Waals surface area contributed by atoms with E-state index in [2.05, 4.69) is 25.8 Å². The molecule has 6 nitrogen and oxygen atoms in total. The monoisotopic (exact) mass is 235 g/mol. The lowest BCUT2D eigenvalue weighted by atomic mass is 10.1. The molecule has 2 heterocycles. The second-order valence-electron chi connectivity index (χ2n) is 4.80. The SMILES string of the molecule is O=C1CNC(c2nc(C3CCCC3)n[nH]2)CN1. The highest BCUT2D eigenvalue weighted by Crippen LogP contribution is 2.32. The number of nitrogens with one attached hydrogen (secondary N) is 3. The van der Waals surface area contributed by atoms with Gasteiger partial charge in [-0.1, -0.05) is 12.8 Å². The first-order valence-corrected chi connectivity index (χ1v) is 6.25. The van der Waals surface area contributed by atoms with E-state index >= 15 is 0 Å². The molecule has 6 heteroatoms. The zero-order valence-electron chi connectivity index (χ0n) is 9.70. The average molecular weight is 235 g/mol. The van der Waals surface area contributed by atoms with E-state index in [9.17, 15) is 4.79 Å². The van der Waals surface area contributed by atoms with Gasteiger partial charge in [0.25, 0.3) is 0 Å². The molecule has 1 aromatic rings. The van der Waals surface area contributed by atoms with Crippen LogP contribution < -0.4 is 10.6 Å². The molecule has 1 saturated carbocycles. The van der Waals surface area contributed by atoms with Crippen molar-refractivity contribution >= 4 is 5.91 Å². The van der Waals surface area contributed by atoms with E-state index in [-0.39, 0.29) is 11.9 Å². The summed E-state index contributed by atoms with van der Waals surface area (Å²) in [5, 5.41) is 13.3. The first-order chi connectivity index (χ1) is 8.33. The Morgan fingerprint density at radius 3 is 2.76 bits per heavy atom. The van der Waals surface area contributed by atoms with E-state index in [4.69, 9.17) is 0 Å². The van der Waals surface area contributed by atoms with Gasteiger partial charge in [-0.05, 0) is 12.8 Å². The molecule has 1 aliphatic heterocycles. The molecule has 0 spiro atoms. The van der Waals surface area contributed by atoms with Gasteiger partial charge in [0, 0.05) is 12.5 Å². The molecule has 3 N–H and O–H groups in total. The summed E-state index contributed by atoms with van der Waals surface area (Å²) < 4.78 is 0. The van der Waals surface area contributed by atoms with Crippen molar-refractivity contribution in [3.63, 3.8) is 0 Å². The molecule has 1 aliphatic carbocycles. The van der Waals surface area contributed by atoms with Gasteiger partial charge in [0.2, 0.25) is 5.91 Å². The van der Waals surface area contributed by atoms with Crippen molar-refractivity contribution in [2.45, 2.75) is 37.6 Å². The highest BCUT2D eigenvalue weighted by molar-refractivity contribution is 5.78. The maximum Gasteiger partial charge on any atom is 0.234 e. The standard InChI is InChI=1S/C11H17N5O/c17-9-6-12-8(5-13-9)11-14-10(15-16-11)7-3-1-2-4-7/h7-8,12H,1-6H2,(H,13,17)(H,14,15,16). The minimum atomic E-state index is 0.0387. The van der Waals surface area contributed by atoms with Crippen LogP contribution in [-0.4, -0.2) is 34.2 Å². The van der Waals surface area contributed by atoms with Crippen LogP contribution in [0.1, 0.15) is 49.3 Å². The highest BCUT2D eigenvalue weighted by Gasteiger charge is 2.25. The van der Waals surface area contributed by atoms with E-state index in [1.54, 1.807) is 0 Å². The molecule has 1 atom stereocenters. The molecule has 1 amide bonds. The largest absolute Gasteiger partial charge is 0.353 e. The van der Waals surface area contributed by atoms with Crippen LogP contribution in [0.15, 0.2) is 0 Å². The van der Waals surface area contributed by atoms with E-state index < -0.39 is 0 Å². The van der Waals surface area contributed by atoms with Crippen molar-refractivity contribution in [1.29, 1.82) is 0 Å². The Labute approximate surface area is 99.6 Å². The number of nitrogens with zero attached hydrogens (tertiary/aromatic N) is 2. The Bertz CT molecular complexity index is 400. The smallest absolute Gasteiger partial charge is 0.234 e. The Hall–Kier alpha value is -1.43. The molecule has 0 aromatic carbocycles. The summed E-state index contributed by atoms with van der Waals surface area (Å²) in [7, 11) is 0. The first-order valence-electron chi connectivity index (χ1n) is 6.25. The van der Waals surface area contributed by atoms with Gasteiger partial charge in [-0.3, -0.25) is 15.2 Å². The van der Waals surface area contributed by atoms with Crippen LogP contribution in [0.2, 0.25) is 0 Å². The Kier molecular flexibility index (Phi) is 2.80. The molecular formula is C11H17N5O. The third-order valence-corrected chi connectivity index (χ3v) is 3.58. The van der Waals surface area contributed by atoms with Gasteiger partial charge in [-0.25, -0.2) is 4.98 Å².